The van der Waals surface area contributed by atoms with Crippen LogP contribution in [0.1, 0.15) is 49.7 Å². The van der Waals surface area contributed by atoms with Gasteiger partial charge in [0.05, 0.1) is 36.0 Å². The summed E-state index contributed by atoms with van der Waals surface area (Å²) in [7, 11) is 0. The van der Waals surface area contributed by atoms with Crippen molar-refractivity contribution in [3.63, 3.8) is 0 Å². The predicted molar refractivity (Wildman–Crippen MR) is 150 cm³/mol. The highest BCUT2D eigenvalue weighted by Gasteiger charge is 2.65. The average molecular weight is 531 g/mol. The standard InChI is InChI=1S/C33H26N2O5/c1-19-9-4-5-10-22(19)17-34-26-13-7-6-12-25(26)33(32(34)38)28-29(36)24-15-20(2)21(3)16-27(24)40-30(28)31(37)35(33)18-23-11-8-14-39-23/h4-16H,17-18H2,1-3H3. The van der Waals surface area contributed by atoms with Gasteiger partial charge in [0.1, 0.15) is 11.3 Å². The van der Waals surface area contributed by atoms with Gasteiger partial charge in [0.25, 0.3) is 11.8 Å². The van der Waals surface area contributed by atoms with Gasteiger partial charge in [-0.2, -0.15) is 0 Å². The summed E-state index contributed by atoms with van der Waals surface area (Å²) in [6.07, 6.45) is 1.52. The van der Waals surface area contributed by atoms with Crippen LogP contribution in [-0.4, -0.2) is 16.7 Å². The molecule has 40 heavy (non-hydrogen) atoms. The van der Waals surface area contributed by atoms with E-state index in [1.807, 2.05) is 69.3 Å². The Labute approximate surface area is 230 Å². The summed E-state index contributed by atoms with van der Waals surface area (Å²) in [5.74, 6) is -0.504. The number of hydrogen-bond acceptors (Lipinski definition) is 5. The van der Waals surface area contributed by atoms with Crippen LogP contribution in [-0.2, 0) is 23.4 Å². The second kappa shape index (κ2) is 8.55. The van der Waals surface area contributed by atoms with E-state index in [1.54, 1.807) is 29.2 Å². The third-order valence-electron chi connectivity index (χ3n) is 8.34. The topological polar surface area (TPSA) is 84.0 Å². The van der Waals surface area contributed by atoms with Gasteiger partial charge in [-0.3, -0.25) is 14.4 Å². The van der Waals surface area contributed by atoms with Gasteiger partial charge >= 0.3 is 0 Å². The summed E-state index contributed by atoms with van der Waals surface area (Å²) in [5, 5.41) is 0.344. The summed E-state index contributed by atoms with van der Waals surface area (Å²) in [6, 6.07) is 22.3. The van der Waals surface area contributed by atoms with Gasteiger partial charge in [-0.05, 0) is 73.4 Å². The van der Waals surface area contributed by atoms with Crippen molar-refractivity contribution in [2.24, 2.45) is 0 Å². The highest BCUT2D eigenvalue weighted by Crippen LogP contribution is 2.53. The van der Waals surface area contributed by atoms with Gasteiger partial charge in [0.15, 0.2) is 11.0 Å². The van der Waals surface area contributed by atoms with Gasteiger partial charge in [0, 0.05) is 5.56 Å². The summed E-state index contributed by atoms with van der Waals surface area (Å²) in [4.78, 5) is 46.6. The zero-order valence-corrected chi connectivity index (χ0v) is 22.4. The van der Waals surface area contributed by atoms with Crippen molar-refractivity contribution in [2.75, 3.05) is 4.90 Å². The van der Waals surface area contributed by atoms with Crippen LogP contribution >= 0.6 is 0 Å². The monoisotopic (exact) mass is 530 g/mol. The zero-order valence-electron chi connectivity index (χ0n) is 22.4. The third-order valence-corrected chi connectivity index (χ3v) is 8.34. The van der Waals surface area contributed by atoms with Crippen molar-refractivity contribution in [3.8, 4) is 0 Å². The molecular weight excluding hydrogens is 504 g/mol. The molecule has 0 saturated heterocycles. The maximum absolute atomic E-state index is 14.9. The molecule has 0 N–H and O–H groups in total. The molecule has 1 unspecified atom stereocenters. The van der Waals surface area contributed by atoms with Crippen LogP contribution < -0.4 is 10.3 Å². The number of carbonyl (C=O) groups is 2. The fourth-order valence-corrected chi connectivity index (χ4v) is 6.14. The second-order valence-corrected chi connectivity index (χ2v) is 10.6. The Hall–Kier alpha value is -4.91. The lowest BCUT2D eigenvalue weighted by Crippen LogP contribution is -2.52. The van der Waals surface area contributed by atoms with Crippen molar-refractivity contribution in [2.45, 2.75) is 39.4 Å². The maximum Gasteiger partial charge on any atom is 0.291 e. The number of fused-ring (bicyclic) bond motifs is 5. The van der Waals surface area contributed by atoms with E-state index in [1.165, 1.54) is 11.2 Å². The minimum absolute atomic E-state index is 0.0118. The van der Waals surface area contributed by atoms with E-state index in [9.17, 15) is 14.4 Å². The van der Waals surface area contributed by atoms with Crippen molar-refractivity contribution in [1.29, 1.82) is 0 Å². The SMILES string of the molecule is Cc1cc2oc3c(c(=O)c2cc1C)C1(C(=O)N(Cc2ccccc2C)c2ccccc21)N(Cc1ccco1)C3=O. The van der Waals surface area contributed by atoms with Crippen LogP contribution in [0.15, 0.2) is 92.7 Å². The Kier molecular flexibility index (Phi) is 5.16. The molecular formula is C33H26N2O5. The Morgan fingerprint density at radius 2 is 1.55 bits per heavy atom. The lowest BCUT2D eigenvalue weighted by molar-refractivity contribution is -0.126. The highest BCUT2D eigenvalue weighted by molar-refractivity contribution is 6.17. The molecule has 2 amide bonds. The number of amides is 2. The van der Waals surface area contributed by atoms with E-state index >= 15 is 0 Å². The quantitative estimate of drug-likeness (QED) is 0.295. The lowest BCUT2D eigenvalue weighted by Gasteiger charge is -2.33. The minimum Gasteiger partial charge on any atom is -0.467 e. The van der Waals surface area contributed by atoms with Crippen LogP contribution in [0.3, 0.4) is 0 Å². The lowest BCUT2D eigenvalue weighted by atomic mass is 9.83. The predicted octanol–water partition coefficient (Wildman–Crippen LogP) is 5.76. The molecule has 1 atom stereocenters. The molecule has 2 aliphatic rings. The molecule has 0 bridgehead atoms. The minimum atomic E-state index is -1.70. The van der Waals surface area contributed by atoms with Crippen molar-refractivity contribution >= 4 is 28.5 Å². The fourth-order valence-electron chi connectivity index (χ4n) is 6.14. The second-order valence-electron chi connectivity index (χ2n) is 10.6. The Morgan fingerprint density at radius 3 is 2.33 bits per heavy atom. The van der Waals surface area contributed by atoms with E-state index in [-0.39, 0.29) is 29.2 Å². The van der Waals surface area contributed by atoms with Crippen LogP contribution in [0.25, 0.3) is 11.0 Å². The van der Waals surface area contributed by atoms with Crippen molar-refractivity contribution in [3.05, 3.63) is 134 Å². The van der Waals surface area contributed by atoms with Crippen LogP contribution in [0.4, 0.5) is 5.69 Å². The Bertz CT molecular complexity index is 1920. The average Bonchev–Trinajstić information content (AvgIpc) is 3.61. The number of hydrogen-bond donors (Lipinski definition) is 0. The van der Waals surface area contributed by atoms with Gasteiger partial charge in [-0.25, -0.2) is 0 Å². The summed E-state index contributed by atoms with van der Waals surface area (Å²) >= 11 is 0. The molecule has 2 aliphatic heterocycles. The molecule has 7 rings (SSSR count). The molecule has 1 spiro atoms. The first-order valence-electron chi connectivity index (χ1n) is 13.2. The number of carbonyl (C=O) groups excluding carboxylic acids is 2. The molecule has 7 heteroatoms. The molecule has 7 nitrogen and oxygen atoms in total. The first kappa shape index (κ1) is 24.2. The van der Waals surface area contributed by atoms with Crippen molar-refractivity contribution < 1.29 is 18.4 Å². The fraction of sp³-hybridized carbons (Fsp3) is 0.182. The number of anilines is 1. The number of rotatable bonds is 4. The van der Waals surface area contributed by atoms with E-state index in [0.29, 0.717) is 34.5 Å². The van der Waals surface area contributed by atoms with Gasteiger partial charge < -0.3 is 18.6 Å². The first-order chi connectivity index (χ1) is 19.3. The molecule has 5 aromatic rings. The molecule has 4 heterocycles. The largest absolute Gasteiger partial charge is 0.467 e. The Balaban J connectivity index is 1.54. The van der Waals surface area contributed by atoms with E-state index in [4.69, 9.17) is 8.83 Å². The number of para-hydroxylation sites is 1. The van der Waals surface area contributed by atoms with Gasteiger partial charge in [-0.15, -0.1) is 0 Å². The van der Waals surface area contributed by atoms with Crippen LogP contribution in [0.2, 0.25) is 0 Å². The number of aryl methyl sites for hydroxylation is 3. The number of benzene rings is 3. The molecule has 3 aromatic carbocycles. The molecule has 0 saturated carbocycles. The van der Waals surface area contributed by atoms with E-state index < -0.39 is 11.4 Å². The molecule has 2 aromatic heterocycles. The maximum atomic E-state index is 14.9. The summed E-state index contributed by atoms with van der Waals surface area (Å²) in [5.41, 5.74) is 3.40. The van der Waals surface area contributed by atoms with Crippen LogP contribution in [0.5, 0.6) is 0 Å². The van der Waals surface area contributed by atoms with Crippen LogP contribution in [0, 0.1) is 20.8 Å². The highest BCUT2D eigenvalue weighted by atomic mass is 16.4. The van der Waals surface area contributed by atoms with Crippen molar-refractivity contribution in [1.82, 2.24) is 4.90 Å². The number of furan rings is 1. The third kappa shape index (κ3) is 3.14. The van der Waals surface area contributed by atoms with Gasteiger partial charge in [0.2, 0.25) is 5.76 Å². The molecule has 0 radical (unpaired) electrons. The summed E-state index contributed by atoms with van der Waals surface area (Å²) < 4.78 is 11.8. The smallest absolute Gasteiger partial charge is 0.291 e. The zero-order chi connectivity index (χ0) is 27.8. The van der Waals surface area contributed by atoms with E-state index in [2.05, 4.69) is 0 Å². The molecule has 0 fully saturated rings. The Morgan fingerprint density at radius 1 is 0.800 bits per heavy atom. The van der Waals surface area contributed by atoms with Gasteiger partial charge in [-0.1, -0.05) is 42.5 Å². The normalized spacial score (nSPS) is 17.8. The number of nitrogens with zero attached hydrogens (tertiary/aromatic N) is 2. The first-order valence-corrected chi connectivity index (χ1v) is 13.2. The summed E-state index contributed by atoms with van der Waals surface area (Å²) in [6.45, 7) is 6.13. The molecule has 0 aliphatic carbocycles. The van der Waals surface area contributed by atoms with E-state index in [0.717, 1.165) is 22.3 Å². The molecule has 198 valence electrons.